The Labute approximate surface area is 109 Å². The van der Waals surface area contributed by atoms with Crippen LogP contribution >= 0.6 is 0 Å². The van der Waals surface area contributed by atoms with Crippen LogP contribution in [0.25, 0.3) is 11.3 Å². The number of rotatable bonds is 3. The van der Waals surface area contributed by atoms with Crippen LogP contribution in [0.2, 0.25) is 0 Å². The molecule has 19 heavy (non-hydrogen) atoms. The second-order valence-corrected chi connectivity index (χ2v) is 3.73. The molecule has 0 saturated carbocycles. The van der Waals surface area contributed by atoms with Gasteiger partial charge < -0.3 is 14.9 Å². The Morgan fingerprint density at radius 3 is 2.79 bits per heavy atom. The molecule has 0 fully saturated rings. The van der Waals surface area contributed by atoms with Crippen molar-refractivity contribution in [1.29, 1.82) is 5.26 Å². The molecule has 2 aromatic heterocycles. The van der Waals surface area contributed by atoms with E-state index in [1.165, 1.54) is 25.4 Å². The molecule has 0 saturated heterocycles. The second-order valence-electron chi connectivity index (χ2n) is 3.73. The summed E-state index contributed by atoms with van der Waals surface area (Å²) in [6, 6.07) is 6.33. The van der Waals surface area contributed by atoms with Crippen molar-refractivity contribution in [3.8, 4) is 23.1 Å². The maximum absolute atomic E-state index is 9.21. The molecule has 0 aliphatic carbocycles. The predicted molar refractivity (Wildman–Crippen MR) is 65.9 cm³/mol. The van der Waals surface area contributed by atoms with Gasteiger partial charge in [-0.15, -0.1) is 0 Å². The first-order valence-electron chi connectivity index (χ1n) is 5.42. The molecule has 0 atom stereocenters. The van der Waals surface area contributed by atoms with Gasteiger partial charge in [0.25, 0.3) is 0 Å². The summed E-state index contributed by atoms with van der Waals surface area (Å²) in [7, 11) is 1.51. The minimum atomic E-state index is -1.67. The van der Waals surface area contributed by atoms with E-state index < -0.39 is 6.29 Å². The predicted octanol–water partition coefficient (Wildman–Crippen LogP) is 1.01. The van der Waals surface area contributed by atoms with Crippen LogP contribution in [0.15, 0.2) is 30.6 Å². The molecule has 0 aliphatic rings. The van der Waals surface area contributed by atoms with Crippen LogP contribution in [0.3, 0.4) is 0 Å². The summed E-state index contributed by atoms with van der Waals surface area (Å²) < 4.78 is 5.19. The maximum atomic E-state index is 9.21. The van der Waals surface area contributed by atoms with Gasteiger partial charge >= 0.3 is 0 Å². The summed E-state index contributed by atoms with van der Waals surface area (Å²) in [4.78, 5) is 8.08. The van der Waals surface area contributed by atoms with Gasteiger partial charge in [-0.3, -0.25) is 4.98 Å². The van der Waals surface area contributed by atoms with Gasteiger partial charge in [-0.25, -0.2) is 4.98 Å². The molecule has 0 unspecified atom stereocenters. The fourth-order valence-corrected chi connectivity index (χ4v) is 1.65. The Kier molecular flexibility index (Phi) is 3.71. The fourth-order valence-electron chi connectivity index (χ4n) is 1.65. The Bertz CT molecular complexity index is 635. The third-order valence-electron chi connectivity index (χ3n) is 2.54. The van der Waals surface area contributed by atoms with Crippen molar-refractivity contribution in [3.63, 3.8) is 0 Å². The number of pyridine rings is 2. The van der Waals surface area contributed by atoms with Gasteiger partial charge in [-0.05, 0) is 18.2 Å². The lowest BCUT2D eigenvalue weighted by atomic mass is 10.1. The van der Waals surface area contributed by atoms with E-state index in [0.29, 0.717) is 17.0 Å². The highest BCUT2D eigenvalue weighted by molar-refractivity contribution is 5.67. The normalized spacial score (nSPS) is 10.3. The molecule has 0 bridgehead atoms. The van der Waals surface area contributed by atoms with Crippen LogP contribution in [0.4, 0.5) is 0 Å². The molecular formula is C13H11N3O3. The average Bonchev–Trinajstić information content (AvgIpc) is 2.46. The minimum absolute atomic E-state index is 0.0894. The monoisotopic (exact) mass is 257 g/mol. The summed E-state index contributed by atoms with van der Waals surface area (Å²) in [5, 5.41) is 27.3. The first-order chi connectivity index (χ1) is 9.15. The van der Waals surface area contributed by atoms with E-state index >= 15 is 0 Å². The SMILES string of the molecule is COc1ccncc1-c1cc(C(O)O)cc(C#N)n1. The number of nitrogens with zero attached hydrogens (tertiary/aromatic N) is 3. The summed E-state index contributed by atoms with van der Waals surface area (Å²) in [6.45, 7) is 0. The molecule has 0 amide bonds. The second kappa shape index (κ2) is 5.44. The van der Waals surface area contributed by atoms with Crippen LogP contribution in [-0.4, -0.2) is 27.3 Å². The van der Waals surface area contributed by atoms with Crippen LogP contribution in [-0.2, 0) is 0 Å². The molecule has 0 radical (unpaired) electrons. The van der Waals surface area contributed by atoms with Crippen molar-refractivity contribution in [2.24, 2.45) is 0 Å². The van der Waals surface area contributed by atoms with Gasteiger partial charge in [-0.1, -0.05) is 0 Å². The largest absolute Gasteiger partial charge is 0.496 e. The standard InChI is InChI=1S/C13H11N3O3/c1-19-12-2-3-15-7-10(12)11-5-8(13(17)18)4-9(6-14)16-11/h2-5,7,13,17-18H,1H3. The van der Waals surface area contributed by atoms with Crippen LogP contribution < -0.4 is 4.74 Å². The zero-order chi connectivity index (χ0) is 13.8. The first-order valence-corrected chi connectivity index (χ1v) is 5.42. The van der Waals surface area contributed by atoms with Crippen molar-refractivity contribution in [2.75, 3.05) is 7.11 Å². The number of ether oxygens (including phenoxy) is 1. The lowest BCUT2D eigenvalue weighted by Gasteiger charge is -2.10. The zero-order valence-corrected chi connectivity index (χ0v) is 10.1. The number of nitriles is 1. The quantitative estimate of drug-likeness (QED) is 0.796. The van der Waals surface area contributed by atoms with E-state index in [9.17, 15) is 10.2 Å². The number of aliphatic hydroxyl groups excluding tert-OH is 1. The summed E-state index contributed by atoms with van der Waals surface area (Å²) in [6.07, 6.45) is 1.44. The number of methoxy groups -OCH3 is 1. The molecule has 0 aliphatic heterocycles. The highest BCUT2D eigenvalue weighted by Gasteiger charge is 2.12. The Balaban J connectivity index is 2.62. The van der Waals surface area contributed by atoms with Crippen molar-refractivity contribution >= 4 is 0 Å². The van der Waals surface area contributed by atoms with Gasteiger partial charge in [0.15, 0.2) is 6.29 Å². The van der Waals surface area contributed by atoms with E-state index in [1.807, 2.05) is 6.07 Å². The molecular weight excluding hydrogens is 246 g/mol. The molecule has 0 aromatic carbocycles. The van der Waals surface area contributed by atoms with Gasteiger partial charge in [0.2, 0.25) is 0 Å². The van der Waals surface area contributed by atoms with Gasteiger partial charge in [0, 0.05) is 18.0 Å². The van der Waals surface area contributed by atoms with Crippen LogP contribution in [0, 0.1) is 11.3 Å². The third-order valence-corrected chi connectivity index (χ3v) is 2.54. The smallest absolute Gasteiger partial charge is 0.178 e. The van der Waals surface area contributed by atoms with Crippen molar-refractivity contribution in [2.45, 2.75) is 6.29 Å². The lowest BCUT2D eigenvalue weighted by molar-refractivity contribution is -0.0425. The molecule has 6 heteroatoms. The Morgan fingerprint density at radius 2 is 2.16 bits per heavy atom. The maximum Gasteiger partial charge on any atom is 0.178 e. The van der Waals surface area contributed by atoms with Gasteiger partial charge in [0.05, 0.1) is 18.4 Å². The van der Waals surface area contributed by atoms with Crippen molar-refractivity contribution < 1.29 is 14.9 Å². The van der Waals surface area contributed by atoms with Gasteiger partial charge in [-0.2, -0.15) is 5.26 Å². The molecule has 2 heterocycles. The third kappa shape index (κ3) is 2.68. The number of hydrogen-bond acceptors (Lipinski definition) is 6. The van der Waals surface area contributed by atoms with Crippen molar-refractivity contribution in [3.05, 3.63) is 41.9 Å². The van der Waals surface area contributed by atoms with E-state index in [4.69, 9.17) is 10.00 Å². The van der Waals surface area contributed by atoms with Crippen LogP contribution in [0.5, 0.6) is 5.75 Å². The average molecular weight is 257 g/mol. The number of aliphatic hydroxyl groups is 2. The Hall–Kier alpha value is -2.49. The molecule has 96 valence electrons. The minimum Gasteiger partial charge on any atom is -0.496 e. The fraction of sp³-hybridized carbons (Fsp3) is 0.154. The first kappa shape index (κ1) is 13.0. The molecule has 0 spiro atoms. The highest BCUT2D eigenvalue weighted by atomic mass is 16.5. The van der Waals surface area contributed by atoms with E-state index in [-0.39, 0.29) is 11.3 Å². The topological polar surface area (TPSA) is 99.3 Å². The number of aromatic nitrogens is 2. The van der Waals surface area contributed by atoms with Crippen molar-refractivity contribution in [1.82, 2.24) is 9.97 Å². The molecule has 6 nitrogen and oxygen atoms in total. The Morgan fingerprint density at radius 1 is 1.37 bits per heavy atom. The highest BCUT2D eigenvalue weighted by Crippen LogP contribution is 2.29. The summed E-state index contributed by atoms with van der Waals surface area (Å²) in [5.41, 5.74) is 1.25. The van der Waals surface area contributed by atoms with Gasteiger partial charge in [0.1, 0.15) is 17.5 Å². The van der Waals surface area contributed by atoms with Crippen LogP contribution in [0.1, 0.15) is 17.5 Å². The molecule has 2 aromatic rings. The molecule has 2 rings (SSSR count). The zero-order valence-electron chi connectivity index (χ0n) is 10.1. The lowest BCUT2D eigenvalue weighted by Crippen LogP contribution is -2.00. The van der Waals surface area contributed by atoms with E-state index in [0.717, 1.165) is 0 Å². The summed E-state index contributed by atoms with van der Waals surface area (Å²) >= 11 is 0. The number of hydrogen-bond donors (Lipinski definition) is 2. The molecule has 2 N–H and O–H groups in total. The summed E-state index contributed by atoms with van der Waals surface area (Å²) in [5.74, 6) is 0.538. The van der Waals surface area contributed by atoms with E-state index in [1.54, 1.807) is 12.3 Å². The van der Waals surface area contributed by atoms with E-state index in [2.05, 4.69) is 9.97 Å².